The molecule has 0 aromatic heterocycles. The van der Waals surface area contributed by atoms with Gasteiger partial charge in [0, 0.05) is 12.0 Å². The minimum atomic E-state index is -0.162. The van der Waals surface area contributed by atoms with E-state index in [2.05, 4.69) is 12.2 Å². The van der Waals surface area contributed by atoms with E-state index in [1.165, 1.54) is 25.7 Å². The monoisotopic (exact) mass is 227 g/mol. The number of aliphatic hydroxyl groups is 1. The molecular formula is C13H25NO2. The molecule has 0 aromatic carbocycles. The maximum absolute atomic E-state index is 9.76. The molecule has 2 fully saturated rings. The summed E-state index contributed by atoms with van der Waals surface area (Å²) in [5, 5.41) is 13.4. The normalized spacial score (nSPS) is 36.8. The van der Waals surface area contributed by atoms with Crippen LogP contribution in [0, 0.1) is 5.92 Å². The standard InChI is InChI=1S/C13H25NO2/c1-10-9-16-12(8-13(10)15)6-7-14-11-4-2-3-5-11/h10-15H,2-9H2,1H3. The SMILES string of the molecule is CC1COC(CCNC2CCCC2)CC1O. The van der Waals surface area contributed by atoms with Crippen molar-refractivity contribution in [3.05, 3.63) is 0 Å². The van der Waals surface area contributed by atoms with Crippen molar-refractivity contribution in [3.63, 3.8) is 0 Å². The second kappa shape index (κ2) is 5.99. The lowest BCUT2D eigenvalue weighted by atomic mass is 9.95. The summed E-state index contributed by atoms with van der Waals surface area (Å²) < 4.78 is 5.73. The molecule has 1 saturated carbocycles. The molecule has 0 amide bonds. The highest BCUT2D eigenvalue weighted by atomic mass is 16.5. The Hall–Kier alpha value is -0.120. The summed E-state index contributed by atoms with van der Waals surface area (Å²) in [7, 11) is 0. The fourth-order valence-electron chi connectivity index (χ4n) is 2.75. The van der Waals surface area contributed by atoms with Gasteiger partial charge in [0.1, 0.15) is 0 Å². The van der Waals surface area contributed by atoms with Crippen molar-refractivity contribution in [2.24, 2.45) is 5.92 Å². The molecule has 1 saturated heterocycles. The second-order valence-electron chi connectivity index (χ2n) is 5.46. The fourth-order valence-corrected chi connectivity index (χ4v) is 2.75. The molecule has 3 unspecified atom stereocenters. The van der Waals surface area contributed by atoms with Gasteiger partial charge in [0.15, 0.2) is 0 Å². The highest BCUT2D eigenvalue weighted by Crippen LogP contribution is 2.21. The van der Waals surface area contributed by atoms with Crippen LogP contribution in [-0.2, 0) is 4.74 Å². The Morgan fingerprint density at radius 1 is 1.31 bits per heavy atom. The molecule has 16 heavy (non-hydrogen) atoms. The third-order valence-electron chi connectivity index (χ3n) is 4.01. The predicted octanol–water partition coefficient (Wildman–Crippen LogP) is 1.69. The lowest BCUT2D eigenvalue weighted by Gasteiger charge is -2.31. The third-order valence-corrected chi connectivity index (χ3v) is 4.01. The summed E-state index contributed by atoms with van der Waals surface area (Å²) in [6.45, 7) is 3.81. The Bertz CT molecular complexity index is 204. The van der Waals surface area contributed by atoms with Gasteiger partial charge in [-0.1, -0.05) is 19.8 Å². The van der Waals surface area contributed by atoms with Gasteiger partial charge in [-0.2, -0.15) is 0 Å². The molecular weight excluding hydrogens is 202 g/mol. The summed E-state index contributed by atoms with van der Waals surface area (Å²) >= 11 is 0. The minimum absolute atomic E-state index is 0.162. The zero-order valence-corrected chi connectivity index (χ0v) is 10.3. The van der Waals surface area contributed by atoms with Crippen LogP contribution in [0.25, 0.3) is 0 Å². The van der Waals surface area contributed by atoms with E-state index in [1.807, 2.05) is 0 Å². The van der Waals surface area contributed by atoms with E-state index < -0.39 is 0 Å². The van der Waals surface area contributed by atoms with Crippen LogP contribution in [0.3, 0.4) is 0 Å². The van der Waals surface area contributed by atoms with Gasteiger partial charge < -0.3 is 15.2 Å². The molecule has 0 radical (unpaired) electrons. The molecule has 2 N–H and O–H groups in total. The fraction of sp³-hybridized carbons (Fsp3) is 1.00. The van der Waals surface area contributed by atoms with E-state index in [0.717, 1.165) is 32.0 Å². The van der Waals surface area contributed by atoms with Crippen LogP contribution in [0.2, 0.25) is 0 Å². The van der Waals surface area contributed by atoms with Crippen molar-refractivity contribution in [3.8, 4) is 0 Å². The van der Waals surface area contributed by atoms with Crippen molar-refractivity contribution < 1.29 is 9.84 Å². The first-order valence-electron chi connectivity index (χ1n) is 6.78. The van der Waals surface area contributed by atoms with Crippen LogP contribution in [0.4, 0.5) is 0 Å². The van der Waals surface area contributed by atoms with Crippen molar-refractivity contribution in [1.82, 2.24) is 5.32 Å². The Kier molecular flexibility index (Phi) is 4.62. The molecule has 1 aliphatic heterocycles. The predicted molar refractivity (Wildman–Crippen MR) is 64.4 cm³/mol. The highest BCUT2D eigenvalue weighted by molar-refractivity contribution is 4.78. The molecule has 0 aromatic rings. The highest BCUT2D eigenvalue weighted by Gasteiger charge is 2.26. The number of ether oxygens (including phenoxy) is 1. The number of aliphatic hydroxyl groups excluding tert-OH is 1. The lowest BCUT2D eigenvalue weighted by molar-refractivity contribution is -0.0795. The largest absolute Gasteiger partial charge is 0.393 e. The first-order chi connectivity index (χ1) is 7.75. The number of hydrogen-bond acceptors (Lipinski definition) is 3. The van der Waals surface area contributed by atoms with Gasteiger partial charge in [0.05, 0.1) is 18.8 Å². The molecule has 1 heterocycles. The van der Waals surface area contributed by atoms with Gasteiger partial charge in [-0.3, -0.25) is 0 Å². The summed E-state index contributed by atoms with van der Waals surface area (Å²) in [6, 6.07) is 0.743. The Labute approximate surface area is 98.6 Å². The van der Waals surface area contributed by atoms with Gasteiger partial charge in [-0.05, 0) is 32.2 Å². The van der Waals surface area contributed by atoms with Crippen molar-refractivity contribution in [2.75, 3.05) is 13.2 Å². The second-order valence-corrected chi connectivity index (χ2v) is 5.46. The quantitative estimate of drug-likeness (QED) is 0.768. The van der Waals surface area contributed by atoms with Crippen molar-refractivity contribution >= 4 is 0 Å². The maximum atomic E-state index is 9.76. The molecule has 3 nitrogen and oxygen atoms in total. The maximum Gasteiger partial charge on any atom is 0.0612 e. The molecule has 0 spiro atoms. The number of nitrogens with one attached hydrogen (secondary N) is 1. The molecule has 0 bridgehead atoms. The lowest BCUT2D eigenvalue weighted by Crippen LogP contribution is -2.38. The molecule has 1 aliphatic carbocycles. The molecule has 3 heteroatoms. The number of hydrogen-bond donors (Lipinski definition) is 2. The van der Waals surface area contributed by atoms with E-state index in [0.29, 0.717) is 5.92 Å². The molecule has 2 aliphatic rings. The molecule has 94 valence electrons. The Morgan fingerprint density at radius 3 is 2.75 bits per heavy atom. The zero-order chi connectivity index (χ0) is 11.4. The van der Waals surface area contributed by atoms with Gasteiger partial charge in [-0.25, -0.2) is 0 Å². The topological polar surface area (TPSA) is 41.5 Å². The van der Waals surface area contributed by atoms with Crippen LogP contribution in [0.5, 0.6) is 0 Å². The third kappa shape index (κ3) is 3.44. The van der Waals surface area contributed by atoms with Crippen molar-refractivity contribution in [1.29, 1.82) is 0 Å². The van der Waals surface area contributed by atoms with Crippen LogP contribution in [0.15, 0.2) is 0 Å². The average molecular weight is 227 g/mol. The van der Waals surface area contributed by atoms with E-state index >= 15 is 0 Å². The van der Waals surface area contributed by atoms with Gasteiger partial charge in [-0.15, -0.1) is 0 Å². The van der Waals surface area contributed by atoms with Crippen molar-refractivity contribution in [2.45, 2.75) is 63.7 Å². The smallest absolute Gasteiger partial charge is 0.0612 e. The minimum Gasteiger partial charge on any atom is -0.393 e. The average Bonchev–Trinajstić information content (AvgIpc) is 2.76. The summed E-state index contributed by atoms with van der Waals surface area (Å²) in [5.74, 6) is 0.305. The van der Waals surface area contributed by atoms with Crippen LogP contribution < -0.4 is 5.32 Å². The Balaban J connectivity index is 1.59. The van der Waals surface area contributed by atoms with Gasteiger partial charge in [0.2, 0.25) is 0 Å². The van der Waals surface area contributed by atoms with Crippen LogP contribution >= 0.6 is 0 Å². The van der Waals surface area contributed by atoms with E-state index in [-0.39, 0.29) is 12.2 Å². The van der Waals surface area contributed by atoms with Gasteiger partial charge >= 0.3 is 0 Å². The molecule has 2 rings (SSSR count). The van der Waals surface area contributed by atoms with Crippen LogP contribution in [-0.4, -0.2) is 36.5 Å². The number of rotatable bonds is 4. The van der Waals surface area contributed by atoms with E-state index in [9.17, 15) is 5.11 Å². The first-order valence-corrected chi connectivity index (χ1v) is 6.78. The van der Waals surface area contributed by atoms with Crippen LogP contribution in [0.1, 0.15) is 45.4 Å². The van der Waals surface area contributed by atoms with E-state index in [4.69, 9.17) is 4.74 Å². The first kappa shape index (κ1) is 12.3. The summed E-state index contributed by atoms with van der Waals surface area (Å²) in [4.78, 5) is 0. The van der Waals surface area contributed by atoms with E-state index in [1.54, 1.807) is 0 Å². The Morgan fingerprint density at radius 2 is 2.06 bits per heavy atom. The summed E-state index contributed by atoms with van der Waals surface area (Å²) in [5.41, 5.74) is 0. The zero-order valence-electron chi connectivity index (χ0n) is 10.3. The van der Waals surface area contributed by atoms with Gasteiger partial charge in [0.25, 0.3) is 0 Å². The molecule has 3 atom stereocenters. The summed E-state index contributed by atoms with van der Waals surface area (Å²) in [6.07, 6.45) is 7.40.